The lowest BCUT2D eigenvalue weighted by atomic mass is 10.9. The third-order valence-electron chi connectivity index (χ3n) is 0.932. The van der Waals surface area contributed by atoms with E-state index in [-0.39, 0.29) is 5.15 Å². The summed E-state index contributed by atoms with van der Waals surface area (Å²) in [6, 6.07) is 0. The Hall–Kier alpha value is 0.0800. The van der Waals surface area contributed by atoms with Crippen molar-refractivity contribution in [2.24, 2.45) is 7.05 Å². The van der Waals surface area contributed by atoms with Crippen LogP contribution in [0.25, 0.3) is 0 Å². The van der Waals surface area contributed by atoms with E-state index < -0.39 is 0 Å². The Morgan fingerprint density at radius 1 is 1.33 bits per heavy atom. The van der Waals surface area contributed by atoms with Gasteiger partial charge in [-0.2, -0.15) is 0 Å². The van der Waals surface area contributed by atoms with Crippen LogP contribution in [0.1, 0.15) is 0 Å². The maximum absolute atomic E-state index is 5.58. The summed E-state index contributed by atoms with van der Waals surface area (Å²) < 4.78 is 1.49. The number of halogens is 3. The van der Waals surface area contributed by atoms with Crippen molar-refractivity contribution in [1.82, 2.24) is 9.55 Å². The Balaban J connectivity index is 3.29. The van der Waals surface area contributed by atoms with Gasteiger partial charge < -0.3 is 4.57 Å². The molecule has 0 spiro atoms. The largest absolute Gasteiger partial charge is 0.308 e. The van der Waals surface area contributed by atoms with Gasteiger partial charge in [-0.25, -0.2) is 4.98 Å². The Labute approximate surface area is 67.3 Å². The van der Waals surface area contributed by atoms with Crippen molar-refractivity contribution in [1.29, 1.82) is 0 Å². The van der Waals surface area contributed by atoms with Crippen molar-refractivity contribution in [3.05, 3.63) is 15.6 Å². The van der Waals surface area contributed by atoms with Crippen LogP contribution in [0.3, 0.4) is 0 Å². The van der Waals surface area contributed by atoms with E-state index in [0.29, 0.717) is 10.4 Å². The molecule has 0 aromatic carbocycles. The number of nitrogens with zero attached hydrogens (tertiary/aromatic N) is 2. The highest BCUT2D eigenvalue weighted by molar-refractivity contribution is 6.41. The summed E-state index contributed by atoms with van der Waals surface area (Å²) in [4.78, 5) is 3.67. The summed E-state index contributed by atoms with van der Waals surface area (Å²) in [6.45, 7) is 0. The van der Waals surface area contributed by atoms with E-state index in [1.807, 2.05) is 0 Å². The molecule has 1 rings (SSSR count). The van der Waals surface area contributed by atoms with Crippen LogP contribution in [-0.2, 0) is 7.05 Å². The lowest BCUT2D eigenvalue weighted by Gasteiger charge is -1.90. The van der Waals surface area contributed by atoms with Crippen LogP contribution in [0.15, 0.2) is 0 Å². The van der Waals surface area contributed by atoms with E-state index in [2.05, 4.69) is 4.98 Å². The zero-order chi connectivity index (χ0) is 7.02. The van der Waals surface area contributed by atoms with Gasteiger partial charge >= 0.3 is 0 Å². The van der Waals surface area contributed by atoms with Gasteiger partial charge in [0.2, 0.25) is 5.28 Å². The second-order valence-corrected chi connectivity index (χ2v) is 2.58. The van der Waals surface area contributed by atoms with Crippen molar-refractivity contribution >= 4 is 34.8 Å². The molecule has 2 nitrogen and oxygen atoms in total. The van der Waals surface area contributed by atoms with Gasteiger partial charge in [-0.15, -0.1) is 0 Å². The van der Waals surface area contributed by atoms with Gasteiger partial charge in [0.25, 0.3) is 0 Å². The molecular formula is C4H3Cl3N2. The molecule has 9 heavy (non-hydrogen) atoms. The molecule has 1 aromatic heterocycles. The lowest BCUT2D eigenvalue weighted by molar-refractivity contribution is 0.915. The fourth-order valence-corrected chi connectivity index (χ4v) is 1.01. The SMILES string of the molecule is Cn1c(Cl)nc(Cl)c1Cl. The third-order valence-corrected chi connectivity index (χ3v) is 2.06. The van der Waals surface area contributed by atoms with Gasteiger partial charge in [0.1, 0.15) is 5.15 Å². The molecule has 1 heterocycles. The van der Waals surface area contributed by atoms with E-state index >= 15 is 0 Å². The molecule has 1 aromatic rings. The van der Waals surface area contributed by atoms with Crippen LogP contribution in [0.4, 0.5) is 0 Å². The first-order valence-corrected chi connectivity index (χ1v) is 3.29. The van der Waals surface area contributed by atoms with E-state index in [1.54, 1.807) is 7.05 Å². The van der Waals surface area contributed by atoms with Gasteiger partial charge in [-0.05, 0) is 11.6 Å². The highest BCUT2D eigenvalue weighted by Gasteiger charge is 2.06. The molecule has 0 atom stereocenters. The van der Waals surface area contributed by atoms with Gasteiger partial charge in [-0.3, -0.25) is 0 Å². The molecule has 0 radical (unpaired) electrons. The number of rotatable bonds is 0. The van der Waals surface area contributed by atoms with Crippen LogP contribution in [0.5, 0.6) is 0 Å². The van der Waals surface area contributed by atoms with E-state index in [9.17, 15) is 0 Å². The Morgan fingerprint density at radius 3 is 2.00 bits per heavy atom. The Bertz CT molecular complexity index is 207. The normalized spacial score (nSPS) is 10.2. The lowest BCUT2D eigenvalue weighted by Crippen LogP contribution is -1.85. The maximum atomic E-state index is 5.58. The van der Waals surface area contributed by atoms with Gasteiger partial charge in [0.15, 0.2) is 5.15 Å². The minimum atomic E-state index is 0.240. The first-order valence-electron chi connectivity index (χ1n) is 2.16. The van der Waals surface area contributed by atoms with E-state index in [1.165, 1.54) is 4.57 Å². The predicted molar refractivity (Wildman–Crippen MR) is 38.2 cm³/mol. The molecule has 0 aliphatic rings. The van der Waals surface area contributed by atoms with Crippen LogP contribution < -0.4 is 0 Å². The van der Waals surface area contributed by atoms with Gasteiger partial charge in [-0.1, -0.05) is 23.2 Å². The first kappa shape index (κ1) is 7.19. The number of hydrogen-bond acceptors (Lipinski definition) is 1. The molecule has 0 amide bonds. The average Bonchev–Trinajstić information content (AvgIpc) is 1.98. The quantitative estimate of drug-likeness (QED) is 0.607. The second-order valence-electron chi connectivity index (χ2n) is 1.52. The van der Waals surface area contributed by atoms with E-state index in [0.717, 1.165) is 0 Å². The molecular weight excluding hydrogens is 182 g/mol. The summed E-state index contributed by atoms with van der Waals surface area (Å²) in [5.74, 6) is 0. The standard InChI is InChI=1S/C4H3Cl3N2/c1-9-3(6)2(5)8-4(9)7/h1H3. The van der Waals surface area contributed by atoms with Crippen LogP contribution in [-0.4, -0.2) is 9.55 Å². The monoisotopic (exact) mass is 184 g/mol. The molecule has 0 aliphatic carbocycles. The predicted octanol–water partition coefficient (Wildman–Crippen LogP) is 2.38. The summed E-state index contributed by atoms with van der Waals surface area (Å²) >= 11 is 16.6. The minimum absolute atomic E-state index is 0.240. The molecule has 0 unspecified atom stereocenters. The van der Waals surface area contributed by atoms with Crippen LogP contribution in [0, 0.1) is 0 Å². The fourth-order valence-electron chi connectivity index (χ4n) is 0.422. The molecule has 0 saturated heterocycles. The minimum Gasteiger partial charge on any atom is -0.308 e. The van der Waals surface area contributed by atoms with Crippen molar-refractivity contribution in [2.75, 3.05) is 0 Å². The highest BCUT2D eigenvalue weighted by Crippen LogP contribution is 2.23. The summed E-state index contributed by atoms with van der Waals surface area (Å²) in [7, 11) is 1.68. The molecule has 0 aliphatic heterocycles. The van der Waals surface area contributed by atoms with Crippen molar-refractivity contribution in [3.63, 3.8) is 0 Å². The van der Waals surface area contributed by atoms with Crippen molar-refractivity contribution < 1.29 is 0 Å². The Morgan fingerprint density at radius 2 is 1.89 bits per heavy atom. The zero-order valence-electron chi connectivity index (χ0n) is 4.53. The Kier molecular flexibility index (Phi) is 1.89. The highest BCUT2D eigenvalue weighted by atomic mass is 35.5. The van der Waals surface area contributed by atoms with Crippen LogP contribution >= 0.6 is 34.8 Å². The van der Waals surface area contributed by atoms with E-state index in [4.69, 9.17) is 34.8 Å². The summed E-state index contributed by atoms with van der Waals surface area (Å²) in [5, 5.41) is 0.899. The molecule has 0 saturated carbocycles. The summed E-state index contributed by atoms with van der Waals surface area (Å²) in [5.41, 5.74) is 0. The third kappa shape index (κ3) is 1.16. The number of aromatic nitrogens is 2. The van der Waals surface area contributed by atoms with Crippen molar-refractivity contribution in [3.8, 4) is 0 Å². The number of hydrogen-bond donors (Lipinski definition) is 0. The molecule has 50 valence electrons. The molecule has 0 fully saturated rings. The second kappa shape index (κ2) is 2.37. The molecule has 0 bridgehead atoms. The number of imidazole rings is 1. The van der Waals surface area contributed by atoms with Crippen molar-refractivity contribution in [2.45, 2.75) is 0 Å². The van der Waals surface area contributed by atoms with Gasteiger partial charge in [0, 0.05) is 7.05 Å². The first-order chi connectivity index (χ1) is 4.13. The van der Waals surface area contributed by atoms with Crippen LogP contribution in [0.2, 0.25) is 15.6 Å². The summed E-state index contributed by atoms with van der Waals surface area (Å²) in [6.07, 6.45) is 0. The molecule has 0 N–H and O–H groups in total. The smallest absolute Gasteiger partial charge is 0.205 e. The topological polar surface area (TPSA) is 17.8 Å². The zero-order valence-corrected chi connectivity index (χ0v) is 6.80. The average molecular weight is 185 g/mol. The van der Waals surface area contributed by atoms with Gasteiger partial charge in [0.05, 0.1) is 0 Å². The molecule has 5 heteroatoms. The fraction of sp³-hybridized carbons (Fsp3) is 0.250. The maximum Gasteiger partial charge on any atom is 0.205 e.